The Morgan fingerprint density at radius 3 is 2.50 bits per heavy atom. The number of carbonyl (C=O) groups is 1. The second-order valence-corrected chi connectivity index (χ2v) is 4.60. The molecule has 1 atom stereocenters. The Hall–Kier alpha value is -1.23. The van der Waals surface area contributed by atoms with E-state index in [1.165, 1.54) is 0 Å². The molecule has 0 fully saturated rings. The van der Waals surface area contributed by atoms with Gasteiger partial charge in [-0.05, 0) is 46.5 Å². The molecule has 0 aliphatic carbocycles. The lowest BCUT2D eigenvalue weighted by Crippen LogP contribution is -2.12. The average molecular weight is 289 g/mol. The summed E-state index contributed by atoms with van der Waals surface area (Å²) >= 11 is 3.06. The summed E-state index contributed by atoms with van der Waals surface area (Å²) in [4.78, 5) is 10.7. The van der Waals surface area contributed by atoms with E-state index < -0.39 is 11.9 Å². The summed E-state index contributed by atoms with van der Waals surface area (Å²) in [5, 5.41) is 28.1. The molecule has 0 heterocycles. The van der Waals surface area contributed by atoms with E-state index in [-0.39, 0.29) is 22.4 Å². The smallest absolute Gasteiger partial charge is 0.306 e. The summed E-state index contributed by atoms with van der Waals surface area (Å²) in [6.45, 7) is 3.26. The fraction of sp³-hybridized carbons (Fsp3) is 0.364. The lowest BCUT2D eigenvalue weighted by Gasteiger charge is -2.12. The molecule has 88 valence electrons. The number of hydrogen-bond acceptors (Lipinski definition) is 3. The molecule has 0 radical (unpaired) electrons. The van der Waals surface area contributed by atoms with Crippen molar-refractivity contribution in [3.63, 3.8) is 0 Å². The number of phenols is 2. The molecule has 1 unspecified atom stereocenters. The third-order valence-electron chi connectivity index (χ3n) is 2.43. The molecule has 0 aliphatic rings. The lowest BCUT2D eigenvalue weighted by molar-refractivity contribution is -0.141. The quantitative estimate of drug-likeness (QED) is 0.798. The molecule has 0 saturated heterocycles. The van der Waals surface area contributed by atoms with E-state index >= 15 is 0 Å². The van der Waals surface area contributed by atoms with E-state index in [1.807, 2.05) is 0 Å². The highest BCUT2D eigenvalue weighted by atomic mass is 79.9. The van der Waals surface area contributed by atoms with Crippen LogP contribution < -0.4 is 0 Å². The number of carboxylic acid groups (broad SMARTS) is 1. The van der Waals surface area contributed by atoms with Gasteiger partial charge in [0.2, 0.25) is 0 Å². The maximum atomic E-state index is 10.7. The lowest BCUT2D eigenvalue weighted by atomic mass is 9.98. The van der Waals surface area contributed by atoms with Crippen molar-refractivity contribution in [3.8, 4) is 11.5 Å². The van der Waals surface area contributed by atoms with E-state index in [9.17, 15) is 15.0 Å². The van der Waals surface area contributed by atoms with Gasteiger partial charge in [0.05, 0.1) is 5.92 Å². The van der Waals surface area contributed by atoms with Gasteiger partial charge in [-0.2, -0.15) is 0 Å². The van der Waals surface area contributed by atoms with Crippen molar-refractivity contribution in [2.24, 2.45) is 5.92 Å². The Kier molecular flexibility index (Phi) is 3.80. The monoisotopic (exact) mass is 288 g/mol. The van der Waals surface area contributed by atoms with Gasteiger partial charge < -0.3 is 15.3 Å². The van der Waals surface area contributed by atoms with Crippen LogP contribution in [0.4, 0.5) is 0 Å². The molecule has 0 saturated carbocycles. The summed E-state index contributed by atoms with van der Waals surface area (Å²) < 4.78 is 0.208. The van der Waals surface area contributed by atoms with Crippen LogP contribution in [0.15, 0.2) is 10.5 Å². The SMILES string of the molecule is Cc1cc(CC(C)C(=O)O)c(O)c(Br)c1O. The third-order valence-corrected chi connectivity index (χ3v) is 3.18. The van der Waals surface area contributed by atoms with Crippen molar-refractivity contribution in [1.29, 1.82) is 0 Å². The minimum absolute atomic E-state index is 0.0239. The van der Waals surface area contributed by atoms with Crippen LogP contribution in [0.25, 0.3) is 0 Å². The van der Waals surface area contributed by atoms with Crippen molar-refractivity contribution in [1.82, 2.24) is 0 Å². The molecular weight excluding hydrogens is 276 g/mol. The number of hydrogen-bond donors (Lipinski definition) is 3. The van der Waals surface area contributed by atoms with E-state index in [0.29, 0.717) is 11.1 Å². The van der Waals surface area contributed by atoms with Gasteiger partial charge in [-0.3, -0.25) is 4.79 Å². The number of aromatic hydroxyl groups is 2. The minimum Gasteiger partial charge on any atom is -0.506 e. The number of carboxylic acids is 1. The molecule has 1 aromatic rings. The van der Waals surface area contributed by atoms with Crippen molar-refractivity contribution in [3.05, 3.63) is 21.7 Å². The summed E-state index contributed by atoms with van der Waals surface area (Å²) in [6.07, 6.45) is 0.223. The fourth-order valence-corrected chi connectivity index (χ4v) is 1.96. The molecule has 1 rings (SSSR count). The van der Waals surface area contributed by atoms with Crippen molar-refractivity contribution < 1.29 is 20.1 Å². The Bertz CT molecular complexity index is 428. The molecule has 0 amide bonds. The highest BCUT2D eigenvalue weighted by molar-refractivity contribution is 9.10. The minimum atomic E-state index is -0.916. The topological polar surface area (TPSA) is 77.8 Å². The maximum absolute atomic E-state index is 10.7. The Morgan fingerprint density at radius 2 is 2.00 bits per heavy atom. The van der Waals surface area contributed by atoms with E-state index in [2.05, 4.69) is 15.9 Å². The first-order valence-corrected chi connectivity index (χ1v) is 5.56. The summed E-state index contributed by atoms with van der Waals surface area (Å²) in [5.41, 5.74) is 1.11. The standard InChI is InChI=1S/C11H13BrO4/c1-5-3-7(4-6(2)11(15)16)10(14)8(12)9(5)13/h3,6,13-14H,4H2,1-2H3,(H,15,16). The number of benzene rings is 1. The van der Waals surface area contributed by atoms with Crippen LogP contribution in [-0.2, 0) is 11.2 Å². The number of halogens is 1. The zero-order valence-electron chi connectivity index (χ0n) is 8.99. The molecule has 0 aromatic heterocycles. The van der Waals surface area contributed by atoms with Crippen LogP contribution >= 0.6 is 15.9 Å². The van der Waals surface area contributed by atoms with Crippen LogP contribution in [0.3, 0.4) is 0 Å². The van der Waals surface area contributed by atoms with Crippen LogP contribution in [0.1, 0.15) is 18.1 Å². The maximum Gasteiger partial charge on any atom is 0.306 e. The first kappa shape index (κ1) is 12.8. The molecule has 0 aliphatic heterocycles. The predicted molar refractivity (Wildman–Crippen MR) is 62.7 cm³/mol. The van der Waals surface area contributed by atoms with Gasteiger partial charge in [-0.15, -0.1) is 0 Å². The number of aliphatic carboxylic acids is 1. The number of aryl methyl sites for hydroxylation is 1. The second-order valence-electron chi connectivity index (χ2n) is 3.81. The Balaban J connectivity index is 3.11. The molecule has 5 heteroatoms. The molecule has 0 spiro atoms. The van der Waals surface area contributed by atoms with E-state index in [0.717, 1.165) is 0 Å². The first-order chi connectivity index (χ1) is 7.34. The summed E-state index contributed by atoms with van der Waals surface area (Å²) in [6, 6.07) is 1.59. The first-order valence-electron chi connectivity index (χ1n) is 4.77. The summed E-state index contributed by atoms with van der Waals surface area (Å²) in [7, 11) is 0. The molecule has 1 aromatic carbocycles. The fourth-order valence-electron chi connectivity index (χ4n) is 1.40. The second kappa shape index (κ2) is 4.74. The van der Waals surface area contributed by atoms with Crippen LogP contribution in [-0.4, -0.2) is 21.3 Å². The normalized spacial score (nSPS) is 12.4. The predicted octanol–water partition coefficient (Wildman–Crippen LogP) is 2.43. The van der Waals surface area contributed by atoms with Gasteiger partial charge in [-0.25, -0.2) is 0 Å². The highest BCUT2D eigenvalue weighted by Gasteiger charge is 2.18. The zero-order chi connectivity index (χ0) is 12.5. The zero-order valence-corrected chi connectivity index (χ0v) is 10.6. The summed E-state index contributed by atoms with van der Waals surface area (Å²) in [5.74, 6) is -1.62. The van der Waals surface area contributed by atoms with Gasteiger partial charge in [0.15, 0.2) is 0 Å². The van der Waals surface area contributed by atoms with Gasteiger partial charge in [-0.1, -0.05) is 6.92 Å². The van der Waals surface area contributed by atoms with Crippen LogP contribution in [0.5, 0.6) is 11.5 Å². The largest absolute Gasteiger partial charge is 0.506 e. The highest BCUT2D eigenvalue weighted by Crippen LogP contribution is 2.39. The van der Waals surface area contributed by atoms with Crippen LogP contribution in [0, 0.1) is 12.8 Å². The Labute approximate surface area is 102 Å². The molecule has 0 bridgehead atoms. The molecule has 16 heavy (non-hydrogen) atoms. The van der Waals surface area contributed by atoms with E-state index in [4.69, 9.17) is 5.11 Å². The van der Waals surface area contributed by atoms with Gasteiger partial charge >= 0.3 is 5.97 Å². The number of rotatable bonds is 3. The average Bonchev–Trinajstić information content (AvgIpc) is 2.22. The molecule has 4 nitrogen and oxygen atoms in total. The van der Waals surface area contributed by atoms with E-state index in [1.54, 1.807) is 19.9 Å². The van der Waals surface area contributed by atoms with Crippen LogP contribution in [0.2, 0.25) is 0 Å². The molecular formula is C11H13BrO4. The van der Waals surface area contributed by atoms with Crippen molar-refractivity contribution in [2.45, 2.75) is 20.3 Å². The van der Waals surface area contributed by atoms with Gasteiger partial charge in [0, 0.05) is 0 Å². The third kappa shape index (κ3) is 2.47. The van der Waals surface area contributed by atoms with Gasteiger partial charge in [0.25, 0.3) is 0 Å². The molecule has 3 N–H and O–H groups in total. The van der Waals surface area contributed by atoms with Gasteiger partial charge in [0.1, 0.15) is 16.0 Å². The number of phenolic OH excluding ortho intramolecular Hbond substituents is 2. The van der Waals surface area contributed by atoms with Crippen molar-refractivity contribution >= 4 is 21.9 Å². The Morgan fingerprint density at radius 1 is 1.44 bits per heavy atom. The van der Waals surface area contributed by atoms with Crippen molar-refractivity contribution in [2.75, 3.05) is 0 Å².